The molecule has 0 fully saturated rings. The summed E-state index contributed by atoms with van der Waals surface area (Å²) in [4.78, 5) is 11.8. The Hall–Kier alpha value is -2.18. The molecule has 0 aromatic heterocycles. The van der Waals surface area contributed by atoms with Gasteiger partial charge in [0.05, 0.1) is 12.3 Å². The first-order valence-corrected chi connectivity index (χ1v) is 10.2. The van der Waals surface area contributed by atoms with Gasteiger partial charge in [0.15, 0.2) is 0 Å². The Balaban J connectivity index is 1.82. The normalized spacial score (nSPS) is 12.0. The van der Waals surface area contributed by atoms with Gasteiger partial charge in [0.25, 0.3) is 0 Å². The van der Waals surface area contributed by atoms with E-state index in [-0.39, 0.29) is 17.7 Å². The number of aryl methyl sites for hydroxylation is 1. The molecular formula is C20H26N2O3S. The third-order valence-corrected chi connectivity index (χ3v) is 5.32. The van der Waals surface area contributed by atoms with E-state index in [0.29, 0.717) is 12.1 Å². The molecule has 0 bridgehead atoms. The van der Waals surface area contributed by atoms with Crippen LogP contribution >= 0.6 is 0 Å². The van der Waals surface area contributed by atoms with Gasteiger partial charge in [-0.25, -0.2) is 13.1 Å². The summed E-state index contributed by atoms with van der Waals surface area (Å²) in [6, 6.07) is 16.9. The molecule has 2 aromatic carbocycles. The quantitative estimate of drug-likeness (QED) is 0.782. The Labute approximate surface area is 155 Å². The fraction of sp³-hybridized carbons (Fsp3) is 0.350. The molecule has 0 aliphatic rings. The summed E-state index contributed by atoms with van der Waals surface area (Å²) in [5, 5.41) is 2.64. The standard InChI is InChI=1S/C20H26N2O3S/c1-20(2,3)17-11-9-16(10-12-17)13-14-26(24,25)21-15-19(23)22-18-7-5-4-6-8-18/h4-12,21H,13-15H2,1-3H3,(H,22,23). The number of sulfonamides is 1. The van der Waals surface area contributed by atoms with Crippen molar-refractivity contribution >= 4 is 21.6 Å². The summed E-state index contributed by atoms with van der Waals surface area (Å²) in [6.07, 6.45) is 0.403. The van der Waals surface area contributed by atoms with Gasteiger partial charge in [-0.1, -0.05) is 63.2 Å². The van der Waals surface area contributed by atoms with E-state index in [9.17, 15) is 13.2 Å². The zero-order valence-electron chi connectivity index (χ0n) is 15.5. The first-order chi connectivity index (χ1) is 12.2. The summed E-state index contributed by atoms with van der Waals surface area (Å²) < 4.78 is 26.5. The molecule has 2 rings (SSSR count). The molecule has 0 aliphatic carbocycles. The number of hydrogen-bond acceptors (Lipinski definition) is 3. The Morgan fingerprint density at radius 3 is 2.15 bits per heavy atom. The molecule has 140 valence electrons. The molecule has 0 heterocycles. The zero-order chi connectivity index (χ0) is 19.2. The highest BCUT2D eigenvalue weighted by atomic mass is 32.2. The molecule has 2 N–H and O–H groups in total. The van der Waals surface area contributed by atoms with Crippen LogP contribution in [0.5, 0.6) is 0 Å². The Bertz CT molecular complexity index is 824. The van der Waals surface area contributed by atoms with Gasteiger partial charge in [0, 0.05) is 5.69 Å². The average molecular weight is 375 g/mol. The molecule has 0 saturated heterocycles. The van der Waals surface area contributed by atoms with Crippen molar-refractivity contribution < 1.29 is 13.2 Å². The van der Waals surface area contributed by atoms with Crippen LogP contribution in [0, 0.1) is 0 Å². The third kappa shape index (κ3) is 6.61. The minimum absolute atomic E-state index is 0.0551. The van der Waals surface area contributed by atoms with Crippen LogP contribution in [0.25, 0.3) is 0 Å². The first-order valence-electron chi connectivity index (χ1n) is 8.57. The number of carbonyl (C=O) groups excluding carboxylic acids is 1. The Kier molecular flexibility index (Phi) is 6.56. The number of amides is 1. The van der Waals surface area contributed by atoms with Gasteiger partial charge in [0.2, 0.25) is 15.9 Å². The van der Waals surface area contributed by atoms with Crippen molar-refractivity contribution in [1.29, 1.82) is 0 Å². The monoisotopic (exact) mass is 374 g/mol. The molecule has 0 radical (unpaired) electrons. The van der Waals surface area contributed by atoms with Crippen LogP contribution in [0.2, 0.25) is 0 Å². The van der Waals surface area contributed by atoms with Gasteiger partial charge in [-0.2, -0.15) is 0 Å². The summed E-state index contributed by atoms with van der Waals surface area (Å²) in [6.45, 7) is 6.13. The van der Waals surface area contributed by atoms with Crippen LogP contribution in [-0.4, -0.2) is 26.6 Å². The highest BCUT2D eigenvalue weighted by Gasteiger charge is 2.15. The van der Waals surface area contributed by atoms with Gasteiger partial charge in [-0.3, -0.25) is 4.79 Å². The van der Waals surface area contributed by atoms with Crippen molar-refractivity contribution in [2.24, 2.45) is 0 Å². The lowest BCUT2D eigenvalue weighted by Crippen LogP contribution is -2.34. The van der Waals surface area contributed by atoms with E-state index < -0.39 is 15.9 Å². The molecule has 0 atom stereocenters. The van der Waals surface area contributed by atoms with Gasteiger partial charge >= 0.3 is 0 Å². The lowest BCUT2D eigenvalue weighted by atomic mass is 9.86. The maximum atomic E-state index is 12.1. The first kappa shape index (κ1) is 20.1. The maximum Gasteiger partial charge on any atom is 0.239 e. The summed E-state index contributed by atoms with van der Waals surface area (Å²) in [5.41, 5.74) is 2.87. The molecule has 1 amide bonds. The van der Waals surface area contributed by atoms with Crippen LogP contribution in [0.3, 0.4) is 0 Å². The maximum absolute atomic E-state index is 12.1. The van der Waals surface area contributed by atoms with Crippen molar-refractivity contribution in [3.05, 3.63) is 65.7 Å². The van der Waals surface area contributed by atoms with Crippen LogP contribution < -0.4 is 10.0 Å². The molecule has 6 heteroatoms. The smallest absolute Gasteiger partial charge is 0.239 e. The molecule has 0 unspecified atom stereocenters. The topological polar surface area (TPSA) is 75.3 Å². The van der Waals surface area contributed by atoms with Crippen molar-refractivity contribution in [2.75, 3.05) is 17.6 Å². The third-order valence-electron chi connectivity index (χ3n) is 3.99. The molecule has 2 aromatic rings. The van der Waals surface area contributed by atoms with Crippen LogP contribution in [0.1, 0.15) is 31.9 Å². The molecule has 0 aliphatic heterocycles. The van der Waals surface area contributed by atoms with Gasteiger partial charge in [-0.05, 0) is 35.1 Å². The van der Waals surface area contributed by atoms with Gasteiger partial charge in [0.1, 0.15) is 0 Å². The van der Waals surface area contributed by atoms with Gasteiger partial charge < -0.3 is 5.32 Å². The van der Waals surface area contributed by atoms with Crippen molar-refractivity contribution in [3.8, 4) is 0 Å². The second kappa shape index (κ2) is 8.47. The van der Waals surface area contributed by atoms with E-state index in [1.807, 2.05) is 30.3 Å². The van der Waals surface area contributed by atoms with E-state index in [0.717, 1.165) is 5.56 Å². The molecule has 0 spiro atoms. The predicted octanol–water partition coefficient (Wildman–Crippen LogP) is 3.08. The minimum atomic E-state index is -3.52. The van der Waals surface area contributed by atoms with Crippen LogP contribution in [-0.2, 0) is 26.7 Å². The highest BCUT2D eigenvalue weighted by Crippen LogP contribution is 2.22. The average Bonchev–Trinajstić information content (AvgIpc) is 2.59. The van der Waals surface area contributed by atoms with Crippen LogP contribution in [0.15, 0.2) is 54.6 Å². The predicted molar refractivity (Wildman–Crippen MR) is 106 cm³/mol. The fourth-order valence-electron chi connectivity index (χ4n) is 2.40. The van der Waals surface area contributed by atoms with E-state index in [4.69, 9.17) is 0 Å². The van der Waals surface area contributed by atoms with Crippen LogP contribution in [0.4, 0.5) is 5.69 Å². The molecule has 26 heavy (non-hydrogen) atoms. The van der Waals surface area contributed by atoms with Crippen molar-refractivity contribution in [3.63, 3.8) is 0 Å². The number of rotatable bonds is 7. The Morgan fingerprint density at radius 1 is 0.962 bits per heavy atom. The SMILES string of the molecule is CC(C)(C)c1ccc(CCS(=O)(=O)NCC(=O)Nc2ccccc2)cc1. The number of benzene rings is 2. The lowest BCUT2D eigenvalue weighted by Gasteiger charge is -2.19. The molecule has 0 saturated carbocycles. The number of anilines is 1. The van der Waals surface area contributed by atoms with E-state index in [1.54, 1.807) is 24.3 Å². The summed E-state index contributed by atoms with van der Waals surface area (Å²) in [7, 11) is -3.52. The number of para-hydroxylation sites is 1. The molecule has 5 nitrogen and oxygen atoms in total. The van der Waals surface area contributed by atoms with E-state index in [2.05, 4.69) is 30.8 Å². The molecular weight excluding hydrogens is 348 g/mol. The van der Waals surface area contributed by atoms with Crippen molar-refractivity contribution in [2.45, 2.75) is 32.6 Å². The van der Waals surface area contributed by atoms with E-state index >= 15 is 0 Å². The lowest BCUT2D eigenvalue weighted by molar-refractivity contribution is -0.115. The van der Waals surface area contributed by atoms with Gasteiger partial charge in [-0.15, -0.1) is 0 Å². The summed E-state index contributed by atoms with van der Waals surface area (Å²) >= 11 is 0. The zero-order valence-corrected chi connectivity index (χ0v) is 16.3. The minimum Gasteiger partial charge on any atom is -0.325 e. The fourth-order valence-corrected chi connectivity index (χ4v) is 3.40. The Morgan fingerprint density at radius 2 is 1.58 bits per heavy atom. The van der Waals surface area contributed by atoms with Crippen molar-refractivity contribution in [1.82, 2.24) is 4.72 Å². The second-order valence-corrected chi connectivity index (χ2v) is 9.18. The second-order valence-electron chi connectivity index (χ2n) is 7.25. The number of carbonyl (C=O) groups is 1. The number of hydrogen-bond donors (Lipinski definition) is 2. The highest BCUT2D eigenvalue weighted by molar-refractivity contribution is 7.89. The van der Waals surface area contributed by atoms with E-state index in [1.165, 1.54) is 5.56 Å². The summed E-state index contributed by atoms with van der Waals surface area (Å²) in [5.74, 6) is -0.449. The number of nitrogens with one attached hydrogen (secondary N) is 2. The largest absolute Gasteiger partial charge is 0.325 e.